The van der Waals surface area contributed by atoms with Crippen molar-refractivity contribution in [1.82, 2.24) is 0 Å². The van der Waals surface area contributed by atoms with Crippen molar-refractivity contribution in [2.45, 2.75) is 90.0 Å². The van der Waals surface area contributed by atoms with Crippen molar-refractivity contribution in [3.8, 4) is 5.75 Å². The number of hydrogen-bond donors (Lipinski definition) is 0. The maximum atomic E-state index is 11.9. The third-order valence-corrected chi connectivity index (χ3v) is 10.1. The van der Waals surface area contributed by atoms with Gasteiger partial charge in [-0.1, -0.05) is 52.3 Å². The van der Waals surface area contributed by atoms with E-state index in [9.17, 15) is 4.79 Å². The molecule has 1 aromatic rings. The minimum atomic E-state index is -1.91. The summed E-state index contributed by atoms with van der Waals surface area (Å²) in [5.41, 5.74) is 1.21. The smallest absolute Gasteiger partial charge is 0.305 e. The quantitative estimate of drug-likeness (QED) is 0.472. The topological polar surface area (TPSA) is 35.5 Å². The average molecular weight is 363 g/mol. The molecular formula is C21H34O3Si. The lowest BCUT2D eigenvalue weighted by Crippen LogP contribution is -2.44. The summed E-state index contributed by atoms with van der Waals surface area (Å²) in [4.78, 5) is 11.9. The van der Waals surface area contributed by atoms with Crippen LogP contribution in [0.15, 0.2) is 24.3 Å². The third kappa shape index (κ3) is 4.87. The Kier molecular flexibility index (Phi) is 6.36. The molecule has 1 aliphatic rings. The largest absolute Gasteiger partial charge is 0.543 e. The summed E-state index contributed by atoms with van der Waals surface area (Å²) in [5, 5.41) is 0.154. The Hall–Kier alpha value is -1.29. The second-order valence-electron chi connectivity index (χ2n) is 8.67. The van der Waals surface area contributed by atoms with E-state index in [1.54, 1.807) is 0 Å². The van der Waals surface area contributed by atoms with Gasteiger partial charge in [0.15, 0.2) is 0 Å². The Morgan fingerprint density at radius 1 is 1.16 bits per heavy atom. The fourth-order valence-electron chi connectivity index (χ4n) is 3.15. The molecule has 0 unspecified atom stereocenters. The number of ether oxygens (including phenoxy) is 1. The lowest BCUT2D eigenvalue weighted by atomic mass is 9.81. The molecule has 1 aromatic carbocycles. The first kappa shape index (κ1) is 20.0. The Morgan fingerprint density at radius 2 is 1.80 bits per heavy atom. The van der Waals surface area contributed by atoms with E-state index in [1.807, 2.05) is 13.0 Å². The van der Waals surface area contributed by atoms with Crippen LogP contribution in [-0.4, -0.2) is 20.4 Å². The summed E-state index contributed by atoms with van der Waals surface area (Å²) in [5.74, 6) is 1.13. The van der Waals surface area contributed by atoms with Crippen LogP contribution < -0.4 is 4.43 Å². The number of carbonyl (C=O) groups is 1. The highest BCUT2D eigenvalue weighted by molar-refractivity contribution is 6.74. The third-order valence-electron chi connectivity index (χ3n) is 5.76. The number of hydrogen-bond acceptors (Lipinski definition) is 3. The van der Waals surface area contributed by atoms with Gasteiger partial charge in [0, 0.05) is 12.3 Å². The first-order valence-corrected chi connectivity index (χ1v) is 12.5. The maximum absolute atomic E-state index is 11.9. The van der Waals surface area contributed by atoms with Gasteiger partial charge < -0.3 is 9.16 Å². The predicted octanol–water partition coefficient (Wildman–Crippen LogP) is 6.05. The molecule has 0 aliphatic heterocycles. The molecule has 0 spiro atoms. The standard InChI is InChI=1S/C21H34O3Si/c1-7-20(22)23-18-14-10-8-12-16(18)17-13-9-11-15-19(17)24-25(5,6)21(2,3)4/h9,11,13,15-16,18H,7-8,10,12,14H2,1-6H3/t16-,18+/m1/s1. The van der Waals surface area contributed by atoms with Crippen molar-refractivity contribution in [3.63, 3.8) is 0 Å². The summed E-state index contributed by atoms with van der Waals surface area (Å²) >= 11 is 0. The Morgan fingerprint density at radius 3 is 2.44 bits per heavy atom. The summed E-state index contributed by atoms with van der Waals surface area (Å²) in [6.07, 6.45) is 4.73. The zero-order valence-corrected chi connectivity index (χ0v) is 17.7. The van der Waals surface area contributed by atoms with E-state index < -0.39 is 8.32 Å². The number of para-hydroxylation sites is 1. The van der Waals surface area contributed by atoms with Crippen molar-refractivity contribution >= 4 is 14.3 Å². The molecule has 0 N–H and O–H groups in total. The van der Waals surface area contributed by atoms with Crippen LogP contribution in [0.4, 0.5) is 0 Å². The molecule has 1 saturated carbocycles. The lowest BCUT2D eigenvalue weighted by molar-refractivity contribution is -0.151. The summed E-state index contributed by atoms with van der Waals surface area (Å²) in [7, 11) is -1.91. The molecule has 4 heteroatoms. The van der Waals surface area contributed by atoms with Crippen LogP contribution in [0, 0.1) is 0 Å². The Bertz CT molecular complexity index is 589. The predicted molar refractivity (Wildman–Crippen MR) is 106 cm³/mol. The minimum Gasteiger partial charge on any atom is -0.543 e. The van der Waals surface area contributed by atoms with E-state index in [0.717, 1.165) is 25.0 Å². The van der Waals surface area contributed by atoms with Crippen LogP contribution in [0.3, 0.4) is 0 Å². The van der Waals surface area contributed by atoms with Crippen LogP contribution in [0.5, 0.6) is 5.75 Å². The van der Waals surface area contributed by atoms with E-state index in [2.05, 4.69) is 52.1 Å². The molecule has 1 fully saturated rings. The van der Waals surface area contributed by atoms with Gasteiger partial charge in [-0.3, -0.25) is 4.79 Å². The van der Waals surface area contributed by atoms with Gasteiger partial charge >= 0.3 is 5.97 Å². The maximum Gasteiger partial charge on any atom is 0.305 e. The second-order valence-corrected chi connectivity index (χ2v) is 13.4. The molecule has 0 aromatic heterocycles. The van der Waals surface area contributed by atoms with E-state index in [1.165, 1.54) is 12.0 Å². The summed E-state index contributed by atoms with van der Waals surface area (Å²) in [6.45, 7) is 13.2. The van der Waals surface area contributed by atoms with Crippen LogP contribution in [0.1, 0.15) is 71.3 Å². The van der Waals surface area contributed by atoms with Crippen LogP contribution in [0.2, 0.25) is 18.1 Å². The molecular weight excluding hydrogens is 328 g/mol. The fraction of sp³-hybridized carbons (Fsp3) is 0.667. The molecule has 2 atom stereocenters. The molecule has 2 rings (SSSR count). The fourth-order valence-corrected chi connectivity index (χ4v) is 4.20. The Labute approximate surface area is 154 Å². The number of carbonyl (C=O) groups excluding carboxylic acids is 1. The zero-order chi connectivity index (χ0) is 18.7. The molecule has 0 amide bonds. The minimum absolute atomic E-state index is 0.0228. The molecule has 0 heterocycles. The Balaban J connectivity index is 2.30. The highest BCUT2D eigenvalue weighted by atomic mass is 28.4. The highest BCUT2D eigenvalue weighted by Gasteiger charge is 2.40. The van der Waals surface area contributed by atoms with Gasteiger partial charge in [0.05, 0.1) is 0 Å². The van der Waals surface area contributed by atoms with E-state index >= 15 is 0 Å². The van der Waals surface area contributed by atoms with Crippen LogP contribution >= 0.6 is 0 Å². The highest BCUT2D eigenvalue weighted by Crippen LogP contribution is 2.43. The molecule has 25 heavy (non-hydrogen) atoms. The van der Waals surface area contributed by atoms with Gasteiger partial charge in [0.1, 0.15) is 11.9 Å². The number of rotatable bonds is 5. The summed E-state index contributed by atoms with van der Waals surface area (Å²) in [6, 6.07) is 8.36. The van der Waals surface area contributed by atoms with Crippen molar-refractivity contribution in [1.29, 1.82) is 0 Å². The van der Waals surface area contributed by atoms with Gasteiger partial charge in [-0.2, -0.15) is 0 Å². The van der Waals surface area contributed by atoms with Gasteiger partial charge in [0.25, 0.3) is 0 Å². The lowest BCUT2D eigenvalue weighted by Gasteiger charge is -2.38. The van der Waals surface area contributed by atoms with Gasteiger partial charge in [-0.25, -0.2) is 0 Å². The van der Waals surface area contributed by atoms with Gasteiger partial charge in [-0.05, 0) is 49.0 Å². The number of benzene rings is 1. The molecule has 3 nitrogen and oxygen atoms in total. The molecule has 0 radical (unpaired) electrons. The van der Waals surface area contributed by atoms with Crippen molar-refractivity contribution in [2.24, 2.45) is 0 Å². The van der Waals surface area contributed by atoms with Crippen molar-refractivity contribution < 1.29 is 14.0 Å². The van der Waals surface area contributed by atoms with Crippen molar-refractivity contribution in [3.05, 3.63) is 29.8 Å². The van der Waals surface area contributed by atoms with E-state index in [-0.39, 0.29) is 23.0 Å². The van der Waals surface area contributed by atoms with Crippen LogP contribution in [0.25, 0.3) is 0 Å². The molecule has 140 valence electrons. The summed E-state index contributed by atoms with van der Waals surface area (Å²) < 4.78 is 12.4. The average Bonchev–Trinajstić information content (AvgIpc) is 2.54. The first-order valence-electron chi connectivity index (χ1n) is 9.63. The van der Waals surface area contributed by atoms with Crippen LogP contribution in [-0.2, 0) is 9.53 Å². The zero-order valence-electron chi connectivity index (χ0n) is 16.7. The SMILES string of the molecule is CCC(=O)O[C@H]1CCCC[C@@H]1c1ccccc1O[Si](C)(C)C(C)(C)C. The first-order chi connectivity index (χ1) is 11.7. The molecule has 0 bridgehead atoms. The second kappa shape index (κ2) is 7.94. The normalized spacial score (nSPS) is 21.7. The van der Waals surface area contributed by atoms with E-state index in [4.69, 9.17) is 9.16 Å². The van der Waals surface area contributed by atoms with Gasteiger partial charge in [-0.15, -0.1) is 0 Å². The molecule has 0 saturated heterocycles. The van der Waals surface area contributed by atoms with Gasteiger partial charge in [0.2, 0.25) is 8.32 Å². The number of esters is 1. The molecule has 1 aliphatic carbocycles. The van der Waals surface area contributed by atoms with Crippen molar-refractivity contribution in [2.75, 3.05) is 0 Å². The monoisotopic (exact) mass is 362 g/mol. The van der Waals surface area contributed by atoms with E-state index in [0.29, 0.717) is 6.42 Å².